The van der Waals surface area contributed by atoms with Gasteiger partial charge in [0.1, 0.15) is 5.69 Å². The fourth-order valence-corrected chi connectivity index (χ4v) is 4.15. The minimum absolute atomic E-state index is 0.0779. The molecule has 3 aromatic rings. The molecule has 2 aromatic heterocycles. The first-order chi connectivity index (χ1) is 14.1. The van der Waals surface area contributed by atoms with Crippen LogP contribution < -0.4 is 5.32 Å². The summed E-state index contributed by atoms with van der Waals surface area (Å²) in [5, 5.41) is 5.89. The second-order valence-corrected chi connectivity index (χ2v) is 8.13. The Kier molecular flexibility index (Phi) is 5.87. The predicted molar refractivity (Wildman–Crippen MR) is 114 cm³/mol. The van der Waals surface area contributed by atoms with Gasteiger partial charge in [-0.3, -0.25) is 14.6 Å². The summed E-state index contributed by atoms with van der Waals surface area (Å²) in [7, 11) is 0. The van der Waals surface area contributed by atoms with Crippen LogP contribution in [0.15, 0.2) is 54.0 Å². The van der Waals surface area contributed by atoms with E-state index in [2.05, 4.69) is 15.3 Å². The van der Waals surface area contributed by atoms with Crippen LogP contribution in [0.3, 0.4) is 0 Å². The van der Waals surface area contributed by atoms with Crippen molar-refractivity contribution in [1.82, 2.24) is 14.9 Å². The van der Waals surface area contributed by atoms with Gasteiger partial charge in [0.15, 0.2) is 5.13 Å². The fraction of sp³-hybridized carbons (Fsp3) is 0.238. The topological polar surface area (TPSA) is 75.2 Å². The number of carbonyl (C=O) groups excluding carboxylic acids is 2. The van der Waals surface area contributed by atoms with E-state index in [9.17, 15) is 9.59 Å². The zero-order valence-electron chi connectivity index (χ0n) is 15.5. The molecule has 0 saturated carbocycles. The van der Waals surface area contributed by atoms with E-state index in [-0.39, 0.29) is 17.7 Å². The molecule has 29 heavy (non-hydrogen) atoms. The summed E-state index contributed by atoms with van der Waals surface area (Å²) in [5.74, 6) is -0.450. The number of piperidine rings is 1. The van der Waals surface area contributed by atoms with Gasteiger partial charge in [-0.2, -0.15) is 0 Å². The number of anilines is 1. The molecule has 1 N–H and O–H groups in total. The molecule has 0 spiro atoms. The predicted octanol–water partition coefficient (Wildman–Crippen LogP) is 4.35. The number of aromatic nitrogens is 2. The number of likely N-dealkylation sites (tertiary alicyclic amines) is 1. The second kappa shape index (κ2) is 8.71. The molecule has 1 aliphatic heterocycles. The molecule has 0 radical (unpaired) electrons. The number of hydrogen-bond donors (Lipinski definition) is 1. The lowest BCUT2D eigenvalue weighted by molar-refractivity contribution is -0.121. The summed E-state index contributed by atoms with van der Waals surface area (Å²) in [6, 6.07) is 12.4. The van der Waals surface area contributed by atoms with Crippen LogP contribution in [0.1, 0.15) is 23.2 Å². The lowest BCUT2D eigenvalue weighted by atomic mass is 9.96. The van der Waals surface area contributed by atoms with Crippen LogP contribution in [-0.4, -0.2) is 39.8 Å². The lowest BCUT2D eigenvalue weighted by Gasteiger charge is -2.32. The Balaban J connectivity index is 1.39. The molecule has 8 heteroatoms. The first-order valence-corrected chi connectivity index (χ1v) is 10.6. The van der Waals surface area contributed by atoms with Gasteiger partial charge in [0.05, 0.1) is 11.6 Å². The van der Waals surface area contributed by atoms with E-state index >= 15 is 0 Å². The molecule has 1 aliphatic rings. The zero-order valence-corrected chi connectivity index (χ0v) is 17.1. The number of pyridine rings is 1. The first-order valence-electron chi connectivity index (χ1n) is 9.33. The van der Waals surface area contributed by atoms with Crippen molar-refractivity contribution in [1.29, 1.82) is 0 Å². The smallest absolute Gasteiger partial charge is 0.253 e. The number of nitrogens with zero attached hydrogens (tertiary/aromatic N) is 3. The quantitative estimate of drug-likeness (QED) is 0.673. The van der Waals surface area contributed by atoms with Gasteiger partial charge in [-0.25, -0.2) is 4.98 Å². The van der Waals surface area contributed by atoms with E-state index in [0.717, 1.165) is 24.2 Å². The van der Waals surface area contributed by atoms with Crippen LogP contribution in [0.5, 0.6) is 0 Å². The van der Waals surface area contributed by atoms with Crippen molar-refractivity contribution in [3.05, 3.63) is 64.6 Å². The van der Waals surface area contributed by atoms with Crippen molar-refractivity contribution in [3.8, 4) is 11.4 Å². The summed E-state index contributed by atoms with van der Waals surface area (Å²) in [5.41, 5.74) is 2.08. The van der Waals surface area contributed by atoms with Crippen molar-refractivity contribution in [2.24, 2.45) is 5.92 Å². The standard InChI is InChI=1S/C21H19ClN4O2S/c22-16-8-6-14(7-9-16)20(28)26-11-3-4-15(12-26)19(27)25-21-24-18(13-29-21)17-5-1-2-10-23-17/h1-2,5-10,13,15H,3-4,11-12H2,(H,24,25,27)/t15-/m0/s1. The van der Waals surface area contributed by atoms with Crippen molar-refractivity contribution in [2.45, 2.75) is 12.8 Å². The van der Waals surface area contributed by atoms with E-state index < -0.39 is 0 Å². The van der Waals surface area contributed by atoms with Crippen molar-refractivity contribution in [3.63, 3.8) is 0 Å². The number of halogens is 1. The number of benzene rings is 1. The third kappa shape index (κ3) is 4.63. The molecule has 0 bridgehead atoms. The number of thiazole rings is 1. The highest BCUT2D eigenvalue weighted by molar-refractivity contribution is 7.14. The number of nitrogens with one attached hydrogen (secondary N) is 1. The highest BCUT2D eigenvalue weighted by atomic mass is 35.5. The van der Waals surface area contributed by atoms with E-state index in [1.165, 1.54) is 11.3 Å². The van der Waals surface area contributed by atoms with Gasteiger partial charge in [-0.05, 0) is 49.2 Å². The number of carbonyl (C=O) groups is 2. The first kappa shape index (κ1) is 19.5. The third-order valence-electron chi connectivity index (χ3n) is 4.83. The molecule has 1 fully saturated rings. The van der Waals surface area contributed by atoms with Crippen LogP contribution in [-0.2, 0) is 4.79 Å². The monoisotopic (exact) mass is 426 g/mol. The maximum atomic E-state index is 12.7. The molecule has 4 rings (SSSR count). The fourth-order valence-electron chi connectivity index (χ4n) is 3.32. The molecule has 3 heterocycles. The lowest BCUT2D eigenvalue weighted by Crippen LogP contribution is -2.43. The van der Waals surface area contributed by atoms with Gasteiger partial charge in [-0.15, -0.1) is 11.3 Å². The molecular formula is C21H19ClN4O2S. The molecule has 148 valence electrons. The molecule has 0 unspecified atom stereocenters. The van der Waals surface area contributed by atoms with Crippen molar-refractivity contribution in [2.75, 3.05) is 18.4 Å². The molecule has 1 saturated heterocycles. The Hall–Kier alpha value is -2.77. The molecule has 6 nitrogen and oxygen atoms in total. The van der Waals surface area contributed by atoms with Crippen LogP contribution >= 0.6 is 22.9 Å². The third-order valence-corrected chi connectivity index (χ3v) is 5.84. The summed E-state index contributed by atoms with van der Waals surface area (Å²) in [6.07, 6.45) is 3.24. The number of rotatable bonds is 4. The van der Waals surface area contributed by atoms with Gasteiger partial charge in [0.25, 0.3) is 5.91 Å². The Morgan fingerprint density at radius 3 is 2.72 bits per heavy atom. The van der Waals surface area contributed by atoms with Crippen molar-refractivity contribution < 1.29 is 9.59 Å². The minimum atomic E-state index is -0.262. The largest absolute Gasteiger partial charge is 0.338 e. The normalized spacial score (nSPS) is 16.4. The maximum absolute atomic E-state index is 12.7. The molecule has 1 atom stereocenters. The highest BCUT2D eigenvalue weighted by Crippen LogP contribution is 2.25. The van der Waals surface area contributed by atoms with Gasteiger partial charge in [-0.1, -0.05) is 17.7 Å². The molecule has 2 amide bonds. The Morgan fingerprint density at radius 2 is 1.97 bits per heavy atom. The van der Waals surface area contributed by atoms with Crippen LogP contribution in [0.25, 0.3) is 11.4 Å². The molecule has 0 aliphatic carbocycles. The summed E-state index contributed by atoms with van der Waals surface area (Å²) in [6.45, 7) is 1.04. The van der Waals surface area contributed by atoms with Crippen LogP contribution in [0.2, 0.25) is 5.02 Å². The van der Waals surface area contributed by atoms with E-state index in [4.69, 9.17) is 11.6 Å². The molecular weight excluding hydrogens is 408 g/mol. The van der Waals surface area contributed by atoms with Gasteiger partial charge < -0.3 is 10.2 Å². The Morgan fingerprint density at radius 1 is 1.14 bits per heavy atom. The van der Waals surface area contributed by atoms with E-state index in [1.807, 2.05) is 23.6 Å². The van der Waals surface area contributed by atoms with E-state index in [1.54, 1.807) is 35.4 Å². The highest BCUT2D eigenvalue weighted by Gasteiger charge is 2.29. The average molecular weight is 427 g/mol. The van der Waals surface area contributed by atoms with E-state index in [0.29, 0.717) is 28.8 Å². The number of hydrogen-bond acceptors (Lipinski definition) is 5. The van der Waals surface area contributed by atoms with Crippen molar-refractivity contribution >= 4 is 39.9 Å². The summed E-state index contributed by atoms with van der Waals surface area (Å²) < 4.78 is 0. The van der Waals surface area contributed by atoms with Crippen LogP contribution in [0.4, 0.5) is 5.13 Å². The molecule has 1 aromatic carbocycles. The summed E-state index contributed by atoms with van der Waals surface area (Å²) in [4.78, 5) is 35.9. The SMILES string of the molecule is O=C(Nc1nc(-c2ccccn2)cs1)[C@H]1CCCN(C(=O)c2ccc(Cl)cc2)C1. The van der Waals surface area contributed by atoms with Gasteiger partial charge in [0, 0.05) is 35.3 Å². The van der Waals surface area contributed by atoms with Gasteiger partial charge >= 0.3 is 0 Å². The maximum Gasteiger partial charge on any atom is 0.253 e. The number of amides is 2. The zero-order chi connectivity index (χ0) is 20.2. The summed E-state index contributed by atoms with van der Waals surface area (Å²) >= 11 is 7.26. The Labute approximate surface area is 177 Å². The Bertz CT molecular complexity index is 1010. The van der Waals surface area contributed by atoms with Gasteiger partial charge in [0.2, 0.25) is 5.91 Å². The second-order valence-electron chi connectivity index (χ2n) is 6.84. The average Bonchev–Trinajstić information content (AvgIpc) is 3.23. The minimum Gasteiger partial charge on any atom is -0.338 e. The van der Waals surface area contributed by atoms with Crippen LogP contribution in [0, 0.1) is 5.92 Å².